The molecule has 124 valence electrons. The second kappa shape index (κ2) is 6.82. The molecule has 0 fully saturated rings. The van der Waals surface area contributed by atoms with Crippen molar-refractivity contribution in [1.82, 2.24) is 9.21 Å². The van der Waals surface area contributed by atoms with E-state index in [2.05, 4.69) is 0 Å². The molecule has 0 aliphatic rings. The molecule has 0 saturated heterocycles. The fraction of sp³-hybridized carbons (Fsp3) is 0.312. The molecule has 2 aromatic rings. The highest BCUT2D eigenvalue weighted by molar-refractivity contribution is 7.89. The van der Waals surface area contributed by atoms with Gasteiger partial charge in [-0.25, -0.2) is 12.7 Å². The summed E-state index contributed by atoms with van der Waals surface area (Å²) in [6.07, 6.45) is 0. The summed E-state index contributed by atoms with van der Waals surface area (Å²) in [7, 11) is 1.22. The minimum Gasteiger partial charge on any atom is -0.334 e. The number of hydrogen-bond acceptors (Lipinski definition) is 4. The average Bonchev–Trinajstić information content (AvgIpc) is 3.07. The van der Waals surface area contributed by atoms with E-state index >= 15 is 0 Å². The first-order chi connectivity index (χ1) is 10.7. The number of carbonyl (C=O) groups is 1. The van der Waals surface area contributed by atoms with Crippen LogP contribution >= 0.6 is 11.3 Å². The molecule has 0 unspecified atom stereocenters. The van der Waals surface area contributed by atoms with Crippen molar-refractivity contribution in [3.8, 4) is 0 Å². The predicted molar refractivity (Wildman–Crippen MR) is 92.1 cm³/mol. The largest absolute Gasteiger partial charge is 0.334 e. The molecule has 1 aromatic heterocycles. The van der Waals surface area contributed by atoms with Crippen LogP contribution in [0.1, 0.15) is 28.2 Å². The summed E-state index contributed by atoms with van der Waals surface area (Å²) >= 11 is 1.60. The predicted octanol–water partition coefficient (Wildman–Crippen LogP) is 2.83. The van der Waals surface area contributed by atoms with E-state index in [1.54, 1.807) is 35.4 Å². The van der Waals surface area contributed by atoms with Crippen molar-refractivity contribution >= 4 is 27.3 Å². The lowest BCUT2D eigenvalue weighted by Gasteiger charge is -2.24. The van der Waals surface area contributed by atoms with Crippen LogP contribution in [-0.2, 0) is 10.0 Å². The van der Waals surface area contributed by atoms with Gasteiger partial charge >= 0.3 is 0 Å². The van der Waals surface area contributed by atoms with Crippen molar-refractivity contribution in [2.75, 3.05) is 21.1 Å². The smallest absolute Gasteiger partial charge is 0.254 e. The van der Waals surface area contributed by atoms with Gasteiger partial charge in [0.15, 0.2) is 0 Å². The van der Waals surface area contributed by atoms with Gasteiger partial charge in [-0.15, -0.1) is 11.3 Å². The molecule has 0 bridgehead atoms. The van der Waals surface area contributed by atoms with Crippen LogP contribution in [0, 0.1) is 0 Å². The van der Waals surface area contributed by atoms with Gasteiger partial charge in [0.1, 0.15) is 0 Å². The molecule has 0 N–H and O–H groups in total. The minimum absolute atomic E-state index is 0.0346. The van der Waals surface area contributed by atoms with Crippen LogP contribution in [0.3, 0.4) is 0 Å². The van der Waals surface area contributed by atoms with E-state index in [-0.39, 0.29) is 16.8 Å². The third-order valence-electron chi connectivity index (χ3n) is 3.74. The molecule has 5 nitrogen and oxygen atoms in total. The fourth-order valence-corrected chi connectivity index (χ4v) is 3.81. The molecular weight excluding hydrogens is 332 g/mol. The molecular formula is C16H20N2O3S2. The Morgan fingerprint density at radius 1 is 1.09 bits per heavy atom. The quantitative estimate of drug-likeness (QED) is 0.831. The van der Waals surface area contributed by atoms with E-state index in [0.717, 1.165) is 9.18 Å². The standard InChI is InChI=1S/C16H20N2O3S2/c1-12(15-6-5-11-22-15)18(4)16(19)13-7-9-14(10-8-13)23(20,21)17(2)3/h5-12H,1-4H3/t12-/m1/s1. The summed E-state index contributed by atoms with van der Waals surface area (Å²) < 4.78 is 25.2. The highest BCUT2D eigenvalue weighted by atomic mass is 32.2. The van der Waals surface area contributed by atoms with Gasteiger partial charge in [0, 0.05) is 31.6 Å². The summed E-state index contributed by atoms with van der Waals surface area (Å²) in [6.45, 7) is 1.97. The monoisotopic (exact) mass is 352 g/mol. The molecule has 2 rings (SSSR count). The van der Waals surface area contributed by atoms with E-state index in [1.807, 2.05) is 24.4 Å². The zero-order valence-electron chi connectivity index (χ0n) is 13.6. The van der Waals surface area contributed by atoms with Gasteiger partial charge in [0.25, 0.3) is 5.91 Å². The average molecular weight is 352 g/mol. The number of amides is 1. The first-order valence-electron chi connectivity index (χ1n) is 7.08. The first-order valence-corrected chi connectivity index (χ1v) is 9.40. The molecule has 1 aromatic carbocycles. The van der Waals surface area contributed by atoms with Crippen molar-refractivity contribution in [2.24, 2.45) is 0 Å². The number of benzene rings is 1. The van der Waals surface area contributed by atoms with Crippen molar-refractivity contribution < 1.29 is 13.2 Å². The van der Waals surface area contributed by atoms with Crippen LogP contribution in [0.25, 0.3) is 0 Å². The van der Waals surface area contributed by atoms with Gasteiger partial charge in [-0.2, -0.15) is 0 Å². The van der Waals surface area contributed by atoms with Gasteiger partial charge in [-0.05, 0) is 42.6 Å². The number of sulfonamides is 1. The molecule has 0 spiro atoms. The Morgan fingerprint density at radius 2 is 1.70 bits per heavy atom. The zero-order valence-corrected chi connectivity index (χ0v) is 15.2. The Balaban J connectivity index is 2.21. The van der Waals surface area contributed by atoms with E-state index in [9.17, 15) is 13.2 Å². The van der Waals surface area contributed by atoms with Gasteiger partial charge < -0.3 is 4.90 Å². The molecule has 0 radical (unpaired) electrons. The van der Waals surface area contributed by atoms with Crippen LogP contribution in [-0.4, -0.2) is 44.7 Å². The van der Waals surface area contributed by atoms with E-state index in [0.29, 0.717) is 5.56 Å². The van der Waals surface area contributed by atoms with Crippen molar-refractivity contribution in [1.29, 1.82) is 0 Å². The highest BCUT2D eigenvalue weighted by Gasteiger charge is 2.21. The molecule has 0 aliphatic heterocycles. The van der Waals surface area contributed by atoms with Gasteiger partial charge in [-0.3, -0.25) is 4.79 Å². The maximum absolute atomic E-state index is 12.5. The normalized spacial score (nSPS) is 13.1. The van der Waals surface area contributed by atoms with Crippen molar-refractivity contribution in [2.45, 2.75) is 17.9 Å². The lowest BCUT2D eigenvalue weighted by atomic mass is 10.1. The van der Waals surface area contributed by atoms with Crippen molar-refractivity contribution in [3.05, 3.63) is 52.2 Å². The van der Waals surface area contributed by atoms with Gasteiger partial charge in [0.05, 0.1) is 10.9 Å². The minimum atomic E-state index is -3.48. The Morgan fingerprint density at radius 3 is 2.17 bits per heavy atom. The van der Waals surface area contributed by atoms with Crippen LogP contribution < -0.4 is 0 Å². The lowest BCUT2D eigenvalue weighted by Crippen LogP contribution is -2.29. The van der Waals surface area contributed by atoms with Gasteiger partial charge in [0.2, 0.25) is 10.0 Å². The first kappa shape index (κ1) is 17.7. The summed E-state index contributed by atoms with van der Waals surface area (Å²) in [6, 6.07) is 9.94. The third kappa shape index (κ3) is 3.63. The summed E-state index contributed by atoms with van der Waals surface area (Å²) in [5.74, 6) is -0.139. The zero-order chi connectivity index (χ0) is 17.2. The van der Waals surface area contributed by atoms with E-state index in [1.165, 1.54) is 26.2 Å². The molecule has 1 heterocycles. The van der Waals surface area contributed by atoms with Crippen LogP contribution in [0.4, 0.5) is 0 Å². The molecule has 1 amide bonds. The molecule has 23 heavy (non-hydrogen) atoms. The summed E-state index contributed by atoms with van der Waals surface area (Å²) in [5, 5.41) is 1.98. The maximum atomic E-state index is 12.5. The van der Waals surface area contributed by atoms with Gasteiger partial charge in [-0.1, -0.05) is 6.07 Å². The molecule has 0 saturated carbocycles. The number of carbonyl (C=O) groups excluding carboxylic acids is 1. The molecule has 1 atom stereocenters. The maximum Gasteiger partial charge on any atom is 0.254 e. The van der Waals surface area contributed by atoms with E-state index in [4.69, 9.17) is 0 Å². The Labute approximate surface area is 141 Å². The fourth-order valence-electron chi connectivity index (χ4n) is 2.08. The number of hydrogen-bond donors (Lipinski definition) is 0. The second-order valence-corrected chi connectivity index (χ2v) is 8.55. The third-order valence-corrected chi connectivity index (χ3v) is 6.61. The Hall–Kier alpha value is -1.70. The summed E-state index contributed by atoms with van der Waals surface area (Å²) in [5.41, 5.74) is 0.466. The topological polar surface area (TPSA) is 57.7 Å². The lowest BCUT2D eigenvalue weighted by molar-refractivity contribution is 0.0745. The number of thiophene rings is 1. The van der Waals surface area contributed by atoms with Crippen LogP contribution in [0.5, 0.6) is 0 Å². The van der Waals surface area contributed by atoms with Crippen LogP contribution in [0.15, 0.2) is 46.7 Å². The SMILES string of the molecule is C[C@H](c1cccs1)N(C)C(=O)c1ccc(S(=O)(=O)N(C)C)cc1. The number of rotatable bonds is 5. The highest BCUT2D eigenvalue weighted by Crippen LogP contribution is 2.25. The molecule has 0 aliphatic carbocycles. The summed E-state index contributed by atoms with van der Waals surface area (Å²) in [4.78, 5) is 15.5. The van der Waals surface area contributed by atoms with Crippen LogP contribution in [0.2, 0.25) is 0 Å². The van der Waals surface area contributed by atoms with E-state index < -0.39 is 10.0 Å². The Bertz CT molecular complexity index is 766. The second-order valence-electron chi connectivity index (χ2n) is 5.42. The van der Waals surface area contributed by atoms with Crippen molar-refractivity contribution in [3.63, 3.8) is 0 Å². The Kier molecular flexibility index (Phi) is 5.23. The number of nitrogens with zero attached hydrogens (tertiary/aromatic N) is 2. The molecule has 7 heteroatoms.